The molecule has 2 N–H and O–H groups in total. The van der Waals surface area contributed by atoms with Crippen molar-refractivity contribution >= 4 is 21.7 Å². The lowest BCUT2D eigenvalue weighted by Gasteiger charge is -2.59. The number of Topliss-reactive ketones (excluding diaryl/α,β-unsaturated/α-hetero) is 1. The van der Waals surface area contributed by atoms with Crippen LogP contribution in [0.4, 0.5) is 0 Å². The number of rotatable bonds is 6. The molecule has 0 aliphatic heterocycles. The van der Waals surface area contributed by atoms with Crippen LogP contribution in [0.1, 0.15) is 59.3 Å². The third-order valence-corrected chi connectivity index (χ3v) is 8.67. The van der Waals surface area contributed by atoms with Crippen molar-refractivity contribution in [3.8, 4) is 0 Å². The largest absolute Gasteiger partial charge is 0.381 e. The summed E-state index contributed by atoms with van der Waals surface area (Å²) in [5.41, 5.74) is 1.82. The van der Waals surface area contributed by atoms with Gasteiger partial charge in [0, 0.05) is 18.2 Å². The van der Waals surface area contributed by atoms with Gasteiger partial charge in [0.25, 0.3) is 10.1 Å². The number of allylic oxidation sites excluding steroid dienone is 4. The molecule has 2 fully saturated rings. The molecule has 0 radical (unpaired) electrons. The van der Waals surface area contributed by atoms with Crippen LogP contribution in [0.5, 0.6) is 0 Å². The molecule has 0 spiro atoms. The Morgan fingerprint density at radius 1 is 1.23 bits per heavy atom. The molecule has 6 nitrogen and oxygen atoms in total. The summed E-state index contributed by atoms with van der Waals surface area (Å²) >= 11 is 0. The van der Waals surface area contributed by atoms with Crippen molar-refractivity contribution in [1.82, 2.24) is 5.32 Å². The number of fused-ring (bicyclic) bond motifs is 1. The van der Waals surface area contributed by atoms with Crippen LogP contribution < -0.4 is 5.32 Å². The second kappa shape index (κ2) is 8.08. The lowest BCUT2D eigenvalue weighted by molar-refractivity contribution is -0.116. The van der Waals surface area contributed by atoms with Crippen LogP contribution in [0.3, 0.4) is 0 Å². The van der Waals surface area contributed by atoms with Gasteiger partial charge in [-0.1, -0.05) is 32.9 Å². The molecule has 7 heteroatoms. The lowest BCUT2D eigenvalue weighted by atomic mass is 9.46. The minimum atomic E-state index is -4.14. The number of hydrogen-bond donors (Lipinski definition) is 2. The fraction of sp³-hybridized carbons (Fsp3) is 0.652. The van der Waals surface area contributed by atoms with E-state index >= 15 is 0 Å². The van der Waals surface area contributed by atoms with E-state index in [-0.39, 0.29) is 34.6 Å². The molecule has 0 heterocycles. The van der Waals surface area contributed by atoms with Gasteiger partial charge in [0.05, 0.1) is 11.4 Å². The fourth-order valence-corrected chi connectivity index (χ4v) is 6.27. The van der Waals surface area contributed by atoms with Gasteiger partial charge < -0.3 is 5.32 Å². The van der Waals surface area contributed by atoms with Crippen molar-refractivity contribution < 1.29 is 22.6 Å². The van der Waals surface area contributed by atoms with Gasteiger partial charge in [-0.2, -0.15) is 8.42 Å². The van der Waals surface area contributed by atoms with Gasteiger partial charge >= 0.3 is 0 Å². The number of carbonyl (C=O) groups excluding carboxylic acids is 2. The molecule has 0 aromatic heterocycles. The molecule has 166 valence electrons. The molecule has 0 amide bonds. The monoisotopic (exact) mass is 435 g/mol. The van der Waals surface area contributed by atoms with E-state index in [1.807, 2.05) is 0 Å². The predicted molar refractivity (Wildman–Crippen MR) is 116 cm³/mol. The fourth-order valence-electron chi connectivity index (χ4n) is 5.91. The molecule has 4 atom stereocenters. The summed E-state index contributed by atoms with van der Waals surface area (Å²) < 4.78 is 30.8. The topological polar surface area (TPSA) is 101 Å². The highest BCUT2D eigenvalue weighted by molar-refractivity contribution is 7.85. The zero-order valence-electron chi connectivity index (χ0n) is 18.2. The van der Waals surface area contributed by atoms with Crippen LogP contribution >= 0.6 is 0 Å². The molecular weight excluding hydrogens is 402 g/mol. The molecule has 4 unspecified atom stereocenters. The first-order chi connectivity index (χ1) is 13.9. The zero-order valence-corrected chi connectivity index (χ0v) is 19.0. The van der Waals surface area contributed by atoms with E-state index in [0.717, 1.165) is 32.1 Å². The van der Waals surface area contributed by atoms with Gasteiger partial charge in [0.1, 0.15) is 0 Å². The highest BCUT2D eigenvalue weighted by Crippen LogP contribution is 2.63. The number of carbonyl (C=O) groups is 2. The minimum Gasteiger partial charge on any atom is -0.381 e. The normalized spacial score (nSPS) is 34.9. The van der Waals surface area contributed by atoms with Crippen LogP contribution in [0.2, 0.25) is 0 Å². The van der Waals surface area contributed by atoms with Gasteiger partial charge in [0.15, 0.2) is 5.78 Å². The van der Waals surface area contributed by atoms with Gasteiger partial charge in [-0.25, -0.2) is 0 Å². The highest BCUT2D eigenvalue weighted by Gasteiger charge is 2.54. The summed E-state index contributed by atoms with van der Waals surface area (Å²) in [6.07, 6.45) is 8.59. The van der Waals surface area contributed by atoms with Crippen molar-refractivity contribution in [3.63, 3.8) is 0 Å². The maximum atomic E-state index is 13.1. The highest BCUT2D eigenvalue weighted by atomic mass is 32.2. The van der Waals surface area contributed by atoms with E-state index in [1.54, 1.807) is 0 Å². The number of ketones is 2. The number of hydrogen-bond acceptors (Lipinski definition) is 5. The average molecular weight is 436 g/mol. The minimum absolute atomic E-state index is 0.0637. The molecule has 0 saturated heterocycles. The van der Waals surface area contributed by atoms with E-state index < -0.39 is 15.9 Å². The second-order valence-corrected chi connectivity index (χ2v) is 11.3. The smallest absolute Gasteiger partial charge is 0.266 e. The molecule has 0 aromatic rings. The third-order valence-electron chi connectivity index (χ3n) is 7.95. The van der Waals surface area contributed by atoms with E-state index in [9.17, 15) is 18.0 Å². The molecule has 30 heavy (non-hydrogen) atoms. The Labute approximate surface area is 179 Å². The first-order valence-electron chi connectivity index (χ1n) is 10.7. The standard InChI is InChI=1S/C23H33NO5S/c1-15-6-5-7-20-22(15,3)9-8-16(2)23(20,4)14-17-12-18(25)13-19(21(17)26)24-10-11-30(27,28)29/h12-13,16,20,24H,1,5-11,14H2,2-4H3,(H,27,28,29). The molecule has 3 aliphatic rings. The SMILES string of the molecule is C=C1CCCC2C1(C)CCC(C)C2(C)CC1=CC(=O)C=C(NCCS(=O)(=O)O)C1=O. The second-order valence-electron chi connectivity index (χ2n) is 9.76. The van der Waals surface area contributed by atoms with Crippen LogP contribution in [0.25, 0.3) is 0 Å². The maximum absolute atomic E-state index is 13.1. The zero-order chi connectivity index (χ0) is 22.3. The van der Waals surface area contributed by atoms with Crippen LogP contribution in [-0.4, -0.2) is 36.8 Å². The van der Waals surface area contributed by atoms with Gasteiger partial charge in [0.2, 0.25) is 5.78 Å². The molecule has 0 bridgehead atoms. The molecule has 0 aromatic carbocycles. The van der Waals surface area contributed by atoms with E-state index in [0.29, 0.717) is 23.8 Å². The van der Waals surface area contributed by atoms with Gasteiger partial charge in [-0.05, 0) is 67.3 Å². The summed E-state index contributed by atoms with van der Waals surface area (Å²) in [6, 6.07) is 0. The summed E-state index contributed by atoms with van der Waals surface area (Å²) in [5, 5.41) is 2.72. The van der Waals surface area contributed by atoms with E-state index in [1.165, 1.54) is 17.7 Å². The first-order valence-corrected chi connectivity index (χ1v) is 12.4. The van der Waals surface area contributed by atoms with E-state index in [4.69, 9.17) is 4.55 Å². The third kappa shape index (κ3) is 4.33. The average Bonchev–Trinajstić information content (AvgIpc) is 2.63. The Hall–Kier alpha value is -1.73. The summed E-state index contributed by atoms with van der Waals surface area (Å²) in [5.74, 6) is -0.253. The molecule has 3 rings (SSSR count). The summed E-state index contributed by atoms with van der Waals surface area (Å²) in [4.78, 5) is 25.4. The molecule has 2 saturated carbocycles. The Kier molecular flexibility index (Phi) is 6.18. The Bertz CT molecular complexity index is 931. The Balaban J connectivity index is 1.82. The van der Waals surface area contributed by atoms with Crippen molar-refractivity contribution in [2.45, 2.75) is 59.3 Å². The maximum Gasteiger partial charge on any atom is 0.266 e. The lowest BCUT2D eigenvalue weighted by Crippen LogP contribution is -2.50. The van der Waals surface area contributed by atoms with Crippen molar-refractivity contribution in [1.29, 1.82) is 0 Å². The van der Waals surface area contributed by atoms with Crippen molar-refractivity contribution in [2.24, 2.45) is 22.7 Å². The Morgan fingerprint density at radius 3 is 2.60 bits per heavy atom. The van der Waals surface area contributed by atoms with Crippen LogP contribution in [0, 0.1) is 22.7 Å². The quantitative estimate of drug-likeness (QED) is 0.375. The van der Waals surface area contributed by atoms with Crippen LogP contribution in [-0.2, 0) is 19.7 Å². The molecule has 3 aliphatic carbocycles. The predicted octanol–water partition coefficient (Wildman–Crippen LogP) is 3.61. The van der Waals surface area contributed by atoms with Gasteiger partial charge in [-0.3, -0.25) is 14.1 Å². The summed E-state index contributed by atoms with van der Waals surface area (Å²) in [6.45, 7) is 11.0. The Morgan fingerprint density at radius 2 is 1.93 bits per heavy atom. The van der Waals surface area contributed by atoms with Crippen molar-refractivity contribution in [2.75, 3.05) is 12.3 Å². The van der Waals surface area contributed by atoms with Gasteiger partial charge in [-0.15, -0.1) is 0 Å². The number of nitrogens with one attached hydrogen (secondary N) is 1. The van der Waals surface area contributed by atoms with Crippen molar-refractivity contribution in [3.05, 3.63) is 35.6 Å². The van der Waals surface area contributed by atoms with E-state index in [2.05, 4.69) is 32.7 Å². The molecular formula is C23H33NO5S. The summed E-state index contributed by atoms with van der Waals surface area (Å²) in [7, 11) is -4.14. The first kappa shape index (κ1) is 22.9. The van der Waals surface area contributed by atoms with Crippen LogP contribution in [0.15, 0.2) is 35.6 Å².